The van der Waals surface area contributed by atoms with Crippen LogP contribution in [0.25, 0.3) is 0 Å². The molecule has 5 N–H and O–H groups in total. The Morgan fingerprint density at radius 1 is 1.03 bits per heavy atom. The highest BCUT2D eigenvalue weighted by molar-refractivity contribution is 5.88. The van der Waals surface area contributed by atoms with Gasteiger partial charge in [-0.05, 0) is 17.9 Å². The van der Waals surface area contributed by atoms with Crippen LogP contribution in [0.3, 0.4) is 0 Å². The summed E-state index contributed by atoms with van der Waals surface area (Å²) in [5, 5.41) is 16.0. The average Bonchev–Trinajstić information content (AvgIpc) is 2.78. The van der Waals surface area contributed by atoms with Crippen molar-refractivity contribution in [3.63, 3.8) is 0 Å². The number of amides is 2. The molecule has 2 rings (SSSR count). The summed E-state index contributed by atoms with van der Waals surface area (Å²) in [7, 11) is 0. The Kier molecular flexibility index (Phi) is 10.4. The maximum absolute atomic E-state index is 13.3. The van der Waals surface area contributed by atoms with Crippen LogP contribution in [-0.4, -0.2) is 41.7 Å². The highest BCUT2D eigenvalue weighted by atomic mass is 19.1. The van der Waals surface area contributed by atoms with Gasteiger partial charge in [0.25, 0.3) is 0 Å². The fourth-order valence-electron chi connectivity index (χ4n) is 3.28. The lowest BCUT2D eigenvalue weighted by atomic mass is 9.96. The second kappa shape index (κ2) is 13.0. The van der Waals surface area contributed by atoms with Gasteiger partial charge in [0.1, 0.15) is 30.0 Å². The molecule has 0 bridgehead atoms. The van der Waals surface area contributed by atoms with Crippen LogP contribution in [0.1, 0.15) is 32.8 Å². The molecular weight excluding hydrogens is 444 g/mol. The molecule has 2 aromatic carbocycles. The number of aliphatic hydroxyl groups is 1. The van der Waals surface area contributed by atoms with E-state index in [4.69, 9.17) is 10.5 Å². The Labute approximate surface area is 198 Å². The number of carbonyl (C=O) groups is 2. The molecule has 4 atom stereocenters. The van der Waals surface area contributed by atoms with Gasteiger partial charge in [-0.25, -0.2) is 8.78 Å². The van der Waals surface area contributed by atoms with Crippen molar-refractivity contribution >= 4 is 11.8 Å². The number of ether oxygens (including phenoxy) is 1. The Bertz CT molecular complexity index is 923. The van der Waals surface area contributed by atoms with Crippen LogP contribution in [0.4, 0.5) is 8.78 Å². The summed E-state index contributed by atoms with van der Waals surface area (Å²) in [6.45, 7) is 5.42. The zero-order valence-electron chi connectivity index (χ0n) is 19.6. The summed E-state index contributed by atoms with van der Waals surface area (Å²) in [5.41, 5.74) is 6.87. The molecule has 9 heteroatoms. The molecule has 0 unspecified atom stereocenters. The number of rotatable bonds is 12. The molecule has 0 heterocycles. The molecule has 186 valence electrons. The third-order valence-electron chi connectivity index (χ3n) is 5.37. The molecule has 0 saturated heterocycles. The van der Waals surface area contributed by atoms with E-state index in [0.29, 0.717) is 12.6 Å². The Hall–Kier alpha value is -3.04. The standard InChI is InChI=1S/C25H33F2N3O4/c1-15(2)23(25(33)29-13-17-7-5-4-6-8-17)30-24(32)16(3)9-22(31)21(28)14-34-20-11-18(26)10-19(27)12-20/h4-8,10-12,15-16,21-23,31H,9,13-14,28H2,1-3H3,(H,29,33)(H,30,32)/t16-,21-,22-,23-/m0/s1. The molecule has 0 saturated carbocycles. The Morgan fingerprint density at radius 3 is 2.24 bits per heavy atom. The predicted octanol–water partition coefficient (Wildman–Crippen LogP) is 2.52. The quantitative estimate of drug-likeness (QED) is 0.375. The van der Waals surface area contributed by atoms with Crippen molar-refractivity contribution in [2.75, 3.05) is 6.61 Å². The summed E-state index contributed by atoms with van der Waals surface area (Å²) in [4.78, 5) is 25.3. The van der Waals surface area contributed by atoms with E-state index in [9.17, 15) is 23.5 Å². The summed E-state index contributed by atoms with van der Waals surface area (Å²) in [5.74, 6) is -3.12. The average molecular weight is 478 g/mol. The van der Waals surface area contributed by atoms with Gasteiger partial charge in [-0.15, -0.1) is 0 Å². The van der Waals surface area contributed by atoms with Crippen molar-refractivity contribution in [2.45, 2.75) is 51.9 Å². The van der Waals surface area contributed by atoms with Crippen LogP contribution in [-0.2, 0) is 16.1 Å². The monoisotopic (exact) mass is 477 g/mol. The summed E-state index contributed by atoms with van der Waals surface area (Å²) in [6.07, 6.45) is -1.09. The molecule has 0 aliphatic heterocycles. The summed E-state index contributed by atoms with van der Waals surface area (Å²) >= 11 is 0. The van der Waals surface area contributed by atoms with Crippen molar-refractivity contribution < 1.29 is 28.2 Å². The van der Waals surface area contributed by atoms with Crippen LogP contribution in [0.2, 0.25) is 0 Å². The highest BCUT2D eigenvalue weighted by Crippen LogP contribution is 2.17. The first-order valence-corrected chi connectivity index (χ1v) is 11.2. The van der Waals surface area contributed by atoms with Gasteiger partial charge >= 0.3 is 0 Å². The van der Waals surface area contributed by atoms with E-state index < -0.39 is 41.6 Å². The fraction of sp³-hybridized carbons (Fsp3) is 0.440. The number of hydrogen-bond donors (Lipinski definition) is 4. The fourth-order valence-corrected chi connectivity index (χ4v) is 3.28. The molecular formula is C25H33F2N3O4. The minimum atomic E-state index is -1.11. The van der Waals surface area contributed by atoms with E-state index in [1.165, 1.54) is 0 Å². The molecule has 0 fully saturated rings. The third kappa shape index (κ3) is 8.72. The van der Waals surface area contributed by atoms with Crippen molar-refractivity contribution in [1.29, 1.82) is 0 Å². The third-order valence-corrected chi connectivity index (χ3v) is 5.37. The molecule has 2 aromatic rings. The predicted molar refractivity (Wildman–Crippen MR) is 125 cm³/mol. The normalized spacial score (nSPS) is 14.7. The number of hydrogen-bond acceptors (Lipinski definition) is 5. The molecule has 34 heavy (non-hydrogen) atoms. The molecule has 0 aromatic heterocycles. The van der Waals surface area contributed by atoms with Gasteiger partial charge in [-0.3, -0.25) is 9.59 Å². The van der Waals surface area contributed by atoms with Gasteiger partial charge in [-0.1, -0.05) is 51.1 Å². The van der Waals surface area contributed by atoms with E-state index in [-0.39, 0.29) is 30.6 Å². The highest BCUT2D eigenvalue weighted by Gasteiger charge is 2.28. The Morgan fingerprint density at radius 2 is 1.65 bits per heavy atom. The molecule has 0 radical (unpaired) electrons. The van der Waals surface area contributed by atoms with Crippen molar-refractivity contribution in [3.8, 4) is 5.75 Å². The van der Waals surface area contributed by atoms with Crippen LogP contribution in [0.5, 0.6) is 5.75 Å². The lowest BCUT2D eigenvalue weighted by Gasteiger charge is -2.25. The Balaban J connectivity index is 1.84. The first kappa shape index (κ1) is 27.2. The van der Waals surface area contributed by atoms with Crippen LogP contribution < -0.4 is 21.1 Å². The van der Waals surface area contributed by atoms with Crippen LogP contribution in [0.15, 0.2) is 48.5 Å². The molecule has 0 aliphatic carbocycles. The van der Waals surface area contributed by atoms with E-state index in [0.717, 1.165) is 17.7 Å². The smallest absolute Gasteiger partial charge is 0.243 e. The van der Waals surface area contributed by atoms with Gasteiger partial charge in [0.05, 0.1) is 12.1 Å². The van der Waals surface area contributed by atoms with Gasteiger partial charge in [-0.2, -0.15) is 0 Å². The first-order chi connectivity index (χ1) is 16.1. The van der Waals surface area contributed by atoms with E-state index in [1.807, 2.05) is 44.2 Å². The van der Waals surface area contributed by atoms with Gasteiger partial charge < -0.3 is 26.2 Å². The number of carbonyl (C=O) groups excluding carboxylic acids is 2. The number of halogens is 2. The van der Waals surface area contributed by atoms with E-state index in [2.05, 4.69) is 10.6 Å². The molecule has 2 amide bonds. The first-order valence-electron chi connectivity index (χ1n) is 11.2. The minimum Gasteiger partial charge on any atom is -0.492 e. The van der Waals surface area contributed by atoms with Crippen LogP contribution in [0, 0.1) is 23.5 Å². The van der Waals surface area contributed by atoms with Gasteiger partial charge in [0.15, 0.2) is 0 Å². The van der Waals surface area contributed by atoms with E-state index in [1.54, 1.807) is 6.92 Å². The molecule has 0 aliphatic rings. The lowest BCUT2D eigenvalue weighted by molar-refractivity contribution is -0.132. The topological polar surface area (TPSA) is 114 Å². The molecule has 0 spiro atoms. The largest absolute Gasteiger partial charge is 0.492 e. The van der Waals surface area contributed by atoms with Crippen molar-refractivity contribution in [2.24, 2.45) is 17.6 Å². The van der Waals surface area contributed by atoms with Gasteiger partial charge in [0.2, 0.25) is 11.8 Å². The maximum atomic E-state index is 13.3. The van der Waals surface area contributed by atoms with Crippen LogP contribution >= 0.6 is 0 Å². The number of aliphatic hydroxyl groups excluding tert-OH is 1. The SMILES string of the molecule is CC(C)[C@H](NC(=O)[C@@H](C)C[C@H](O)[C@@H](N)COc1cc(F)cc(F)c1)C(=O)NCc1ccccc1. The second-order valence-corrected chi connectivity index (χ2v) is 8.72. The number of nitrogens with one attached hydrogen (secondary N) is 2. The lowest BCUT2D eigenvalue weighted by Crippen LogP contribution is -2.51. The molecule has 7 nitrogen and oxygen atoms in total. The van der Waals surface area contributed by atoms with Crippen molar-refractivity contribution in [1.82, 2.24) is 10.6 Å². The zero-order valence-corrected chi connectivity index (χ0v) is 19.6. The second-order valence-electron chi connectivity index (χ2n) is 8.72. The summed E-state index contributed by atoms with van der Waals surface area (Å²) < 4.78 is 31.8. The summed E-state index contributed by atoms with van der Waals surface area (Å²) in [6, 6.07) is 10.5. The number of nitrogens with two attached hydrogens (primary N) is 1. The van der Waals surface area contributed by atoms with Gasteiger partial charge in [0, 0.05) is 30.7 Å². The maximum Gasteiger partial charge on any atom is 0.243 e. The van der Waals surface area contributed by atoms with E-state index >= 15 is 0 Å². The minimum absolute atomic E-state index is 0.0182. The van der Waals surface area contributed by atoms with Crippen molar-refractivity contribution in [3.05, 3.63) is 65.7 Å². The number of benzene rings is 2. The zero-order chi connectivity index (χ0) is 25.3.